The Balaban J connectivity index is 1.62. The standard InChI is InChI=1S/C18H18BrN3/c1-14(16-3-2-4-17(19)11-16)21-12-15-5-7-18(8-6-15)22-10-9-20-13-22/h2-11,13-14,21H,12H2,1H3/t14-/m1/s1. The molecule has 0 radical (unpaired) electrons. The van der Waals surface area contributed by atoms with E-state index in [-0.39, 0.29) is 0 Å². The number of nitrogens with one attached hydrogen (secondary N) is 1. The van der Waals surface area contributed by atoms with Crippen molar-refractivity contribution >= 4 is 15.9 Å². The third-order valence-corrected chi connectivity index (χ3v) is 4.19. The highest BCUT2D eigenvalue weighted by molar-refractivity contribution is 9.10. The summed E-state index contributed by atoms with van der Waals surface area (Å²) >= 11 is 3.52. The second-order valence-electron chi connectivity index (χ2n) is 5.29. The molecule has 0 fully saturated rings. The van der Waals surface area contributed by atoms with Crippen LogP contribution in [0.2, 0.25) is 0 Å². The second-order valence-corrected chi connectivity index (χ2v) is 6.21. The number of halogens is 1. The van der Waals surface area contributed by atoms with Crippen molar-refractivity contribution in [2.24, 2.45) is 0 Å². The summed E-state index contributed by atoms with van der Waals surface area (Å²) in [7, 11) is 0. The van der Waals surface area contributed by atoms with Gasteiger partial charge in [0.2, 0.25) is 0 Å². The van der Waals surface area contributed by atoms with Gasteiger partial charge in [-0.05, 0) is 42.3 Å². The number of hydrogen-bond donors (Lipinski definition) is 1. The average Bonchev–Trinajstić information content (AvgIpc) is 3.07. The van der Waals surface area contributed by atoms with Crippen LogP contribution in [0.5, 0.6) is 0 Å². The zero-order valence-corrected chi connectivity index (χ0v) is 14.0. The molecule has 1 N–H and O–H groups in total. The van der Waals surface area contributed by atoms with Crippen molar-refractivity contribution in [2.75, 3.05) is 0 Å². The summed E-state index contributed by atoms with van der Waals surface area (Å²) in [5.41, 5.74) is 3.68. The first-order valence-corrected chi connectivity index (χ1v) is 8.08. The Morgan fingerprint density at radius 1 is 1.18 bits per heavy atom. The van der Waals surface area contributed by atoms with Gasteiger partial charge in [-0.1, -0.05) is 40.2 Å². The van der Waals surface area contributed by atoms with Gasteiger partial charge in [0.15, 0.2) is 0 Å². The van der Waals surface area contributed by atoms with Crippen LogP contribution < -0.4 is 5.32 Å². The quantitative estimate of drug-likeness (QED) is 0.730. The van der Waals surface area contributed by atoms with Crippen molar-refractivity contribution in [1.29, 1.82) is 0 Å². The van der Waals surface area contributed by atoms with E-state index in [2.05, 4.69) is 75.6 Å². The van der Waals surface area contributed by atoms with Crippen LogP contribution in [0.1, 0.15) is 24.1 Å². The lowest BCUT2D eigenvalue weighted by atomic mass is 10.1. The zero-order valence-electron chi connectivity index (χ0n) is 12.4. The third-order valence-electron chi connectivity index (χ3n) is 3.70. The molecule has 0 aliphatic carbocycles. The van der Waals surface area contributed by atoms with Crippen LogP contribution in [-0.2, 0) is 6.54 Å². The third kappa shape index (κ3) is 3.64. The van der Waals surface area contributed by atoms with Crippen LogP contribution in [0.15, 0.2) is 71.7 Å². The van der Waals surface area contributed by atoms with Crippen LogP contribution in [0.25, 0.3) is 5.69 Å². The van der Waals surface area contributed by atoms with E-state index in [1.54, 1.807) is 6.20 Å². The number of nitrogens with zero attached hydrogens (tertiary/aromatic N) is 2. The van der Waals surface area contributed by atoms with Crippen molar-refractivity contribution < 1.29 is 0 Å². The molecule has 0 unspecified atom stereocenters. The Hall–Kier alpha value is -1.91. The molecule has 2 aromatic carbocycles. The van der Waals surface area contributed by atoms with E-state index in [1.165, 1.54) is 11.1 Å². The number of aromatic nitrogens is 2. The maximum atomic E-state index is 4.07. The molecule has 1 atom stereocenters. The summed E-state index contributed by atoms with van der Waals surface area (Å²) in [6.07, 6.45) is 5.54. The Bertz CT molecular complexity index is 720. The summed E-state index contributed by atoms with van der Waals surface area (Å²) < 4.78 is 3.12. The first-order chi connectivity index (χ1) is 10.7. The van der Waals surface area contributed by atoms with Crippen molar-refractivity contribution in [3.63, 3.8) is 0 Å². The first kappa shape index (κ1) is 15.0. The van der Waals surface area contributed by atoms with Crippen molar-refractivity contribution in [3.05, 3.63) is 82.9 Å². The van der Waals surface area contributed by atoms with Gasteiger partial charge in [-0.2, -0.15) is 0 Å². The Morgan fingerprint density at radius 3 is 2.68 bits per heavy atom. The molecule has 22 heavy (non-hydrogen) atoms. The van der Waals surface area contributed by atoms with E-state index in [4.69, 9.17) is 0 Å². The Morgan fingerprint density at radius 2 is 2.00 bits per heavy atom. The molecule has 0 spiro atoms. The van der Waals surface area contributed by atoms with Gasteiger partial charge in [0.25, 0.3) is 0 Å². The second kappa shape index (κ2) is 6.90. The molecule has 3 nitrogen and oxygen atoms in total. The van der Waals surface area contributed by atoms with E-state index in [9.17, 15) is 0 Å². The highest BCUT2D eigenvalue weighted by atomic mass is 79.9. The molecule has 0 amide bonds. The highest BCUT2D eigenvalue weighted by Crippen LogP contribution is 2.18. The van der Waals surface area contributed by atoms with Crippen LogP contribution in [0, 0.1) is 0 Å². The van der Waals surface area contributed by atoms with Crippen LogP contribution >= 0.6 is 15.9 Å². The van der Waals surface area contributed by atoms with Gasteiger partial charge in [-0.25, -0.2) is 4.98 Å². The summed E-state index contributed by atoms with van der Waals surface area (Å²) in [6.45, 7) is 3.03. The molecule has 3 aromatic rings. The molecule has 112 valence electrons. The van der Waals surface area contributed by atoms with E-state index >= 15 is 0 Å². The minimum Gasteiger partial charge on any atom is -0.306 e. The fraction of sp³-hybridized carbons (Fsp3) is 0.167. The van der Waals surface area contributed by atoms with Crippen molar-refractivity contribution in [1.82, 2.24) is 14.9 Å². The fourth-order valence-electron chi connectivity index (χ4n) is 2.36. The lowest BCUT2D eigenvalue weighted by Crippen LogP contribution is -2.18. The fourth-order valence-corrected chi connectivity index (χ4v) is 2.78. The maximum absolute atomic E-state index is 4.07. The average molecular weight is 356 g/mol. The highest BCUT2D eigenvalue weighted by Gasteiger charge is 2.05. The van der Waals surface area contributed by atoms with Crippen LogP contribution in [0.3, 0.4) is 0 Å². The van der Waals surface area contributed by atoms with Crippen LogP contribution in [0.4, 0.5) is 0 Å². The lowest BCUT2D eigenvalue weighted by Gasteiger charge is -2.15. The van der Waals surface area contributed by atoms with E-state index in [0.29, 0.717) is 6.04 Å². The number of imidazole rings is 1. The molecule has 3 rings (SSSR count). The molecular formula is C18H18BrN3. The molecule has 0 aliphatic heterocycles. The molecule has 1 aromatic heterocycles. The smallest absolute Gasteiger partial charge is 0.0991 e. The molecule has 1 heterocycles. The molecule has 0 saturated carbocycles. The summed E-state index contributed by atoms with van der Waals surface area (Å²) in [4.78, 5) is 4.07. The molecule has 0 aliphatic rings. The topological polar surface area (TPSA) is 29.9 Å². The van der Waals surface area contributed by atoms with Gasteiger partial charge in [-0.3, -0.25) is 0 Å². The van der Waals surface area contributed by atoms with Gasteiger partial charge in [0, 0.05) is 35.1 Å². The largest absolute Gasteiger partial charge is 0.306 e. The minimum absolute atomic E-state index is 0.311. The molecule has 4 heteroatoms. The predicted molar refractivity (Wildman–Crippen MR) is 93.0 cm³/mol. The van der Waals surface area contributed by atoms with Crippen LogP contribution in [-0.4, -0.2) is 9.55 Å². The van der Waals surface area contributed by atoms with E-state index in [0.717, 1.165) is 16.7 Å². The zero-order chi connectivity index (χ0) is 15.4. The van der Waals surface area contributed by atoms with Gasteiger partial charge < -0.3 is 9.88 Å². The maximum Gasteiger partial charge on any atom is 0.0991 e. The lowest BCUT2D eigenvalue weighted by molar-refractivity contribution is 0.574. The van der Waals surface area contributed by atoms with Crippen molar-refractivity contribution in [3.8, 4) is 5.69 Å². The Labute approximate surface area is 139 Å². The normalized spacial score (nSPS) is 12.3. The summed E-state index contributed by atoms with van der Waals surface area (Å²) in [6, 6.07) is 17.2. The van der Waals surface area contributed by atoms with Gasteiger partial charge >= 0.3 is 0 Å². The van der Waals surface area contributed by atoms with E-state index < -0.39 is 0 Å². The summed E-state index contributed by atoms with van der Waals surface area (Å²) in [5, 5.41) is 3.56. The minimum atomic E-state index is 0.311. The molecular weight excluding hydrogens is 338 g/mol. The molecule has 0 bridgehead atoms. The Kier molecular flexibility index (Phi) is 4.71. The summed E-state index contributed by atoms with van der Waals surface area (Å²) in [5.74, 6) is 0. The van der Waals surface area contributed by atoms with Gasteiger partial charge in [-0.15, -0.1) is 0 Å². The molecule has 0 saturated heterocycles. The predicted octanol–water partition coefficient (Wildman–Crippen LogP) is 4.49. The van der Waals surface area contributed by atoms with Gasteiger partial charge in [0.05, 0.1) is 6.33 Å². The monoisotopic (exact) mass is 355 g/mol. The number of benzene rings is 2. The van der Waals surface area contributed by atoms with Crippen molar-refractivity contribution in [2.45, 2.75) is 19.5 Å². The van der Waals surface area contributed by atoms with Gasteiger partial charge in [0.1, 0.15) is 0 Å². The first-order valence-electron chi connectivity index (χ1n) is 7.28. The number of hydrogen-bond acceptors (Lipinski definition) is 2. The van der Waals surface area contributed by atoms with E-state index in [1.807, 2.05) is 23.2 Å². The number of rotatable bonds is 5. The SMILES string of the molecule is C[C@@H](NCc1ccc(-n2ccnc2)cc1)c1cccc(Br)c1.